The van der Waals surface area contributed by atoms with Crippen LogP contribution in [0.4, 0.5) is 4.39 Å². The molecule has 0 aliphatic heterocycles. The smallest absolute Gasteiger partial charge is 0.261 e. The molecule has 0 aliphatic carbocycles. The Morgan fingerprint density at radius 2 is 1.77 bits per heavy atom. The van der Waals surface area contributed by atoms with Crippen LogP contribution in [-0.4, -0.2) is 35.4 Å². The summed E-state index contributed by atoms with van der Waals surface area (Å²) < 4.78 is 21.0. The molecule has 2 atom stereocenters. The number of aryl methyl sites for hydroxylation is 2. The van der Waals surface area contributed by atoms with Crippen LogP contribution < -0.4 is 10.1 Å². The number of carbonyl (C=O) groups excluding carboxylic acids is 2. The van der Waals surface area contributed by atoms with Gasteiger partial charge in [-0.15, -0.1) is 0 Å². The van der Waals surface area contributed by atoms with Crippen molar-refractivity contribution in [3.05, 3.63) is 63.4 Å². The molecular weight excluding hydrogens is 463 g/mol. The topological polar surface area (TPSA) is 58.6 Å². The van der Waals surface area contributed by atoms with Gasteiger partial charge < -0.3 is 15.0 Å². The molecule has 0 fully saturated rings. The summed E-state index contributed by atoms with van der Waals surface area (Å²) in [4.78, 5) is 27.1. The molecule has 0 aliphatic rings. The van der Waals surface area contributed by atoms with Gasteiger partial charge in [0.15, 0.2) is 6.61 Å². The van der Waals surface area contributed by atoms with Gasteiger partial charge in [0, 0.05) is 22.6 Å². The van der Waals surface area contributed by atoms with Crippen LogP contribution >= 0.6 is 15.9 Å². The average molecular weight is 493 g/mol. The van der Waals surface area contributed by atoms with Crippen LogP contribution in [-0.2, 0) is 16.1 Å². The highest BCUT2D eigenvalue weighted by Gasteiger charge is 2.28. The van der Waals surface area contributed by atoms with Crippen molar-refractivity contribution in [3.63, 3.8) is 0 Å². The van der Waals surface area contributed by atoms with Crippen molar-refractivity contribution in [3.8, 4) is 5.75 Å². The minimum atomic E-state index is -0.780. The minimum Gasteiger partial charge on any atom is -0.484 e. The third-order valence-corrected chi connectivity index (χ3v) is 6.49. The number of rotatable bonds is 9. The van der Waals surface area contributed by atoms with Crippen LogP contribution in [0.3, 0.4) is 0 Å². The summed E-state index contributed by atoms with van der Waals surface area (Å²) in [6, 6.07) is 9.11. The molecule has 0 aromatic heterocycles. The van der Waals surface area contributed by atoms with Crippen LogP contribution in [0.2, 0.25) is 0 Å². The fraction of sp³-hybridized carbons (Fsp3) is 0.417. The number of amides is 2. The Balaban J connectivity index is 2.21. The Morgan fingerprint density at radius 3 is 2.35 bits per heavy atom. The van der Waals surface area contributed by atoms with Crippen LogP contribution in [0.5, 0.6) is 5.75 Å². The second-order valence-electron chi connectivity index (χ2n) is 7.77. The van der Waals surface area contributed by atoms with E-state index in [0.717, 1.165) is 22.0 Å². The predicted octanol–water partition coefficient (Wildman–Crippen LogP) is 4.92. The van der Waals surface area contributed by atoms with Gasteiger partial charge in [0.1, 0.15) is 17.6 Å². The van der Waals surface area contributed by atoms with E-state index in [0.29, 0.717) is 11.3 Å². The molecule has 0 saturated heterocycles. The molecule has 0 bridgehead atoms. The van der Waals surface area contributed by atoms with Gasteiger partial charge in [0.2, 0.25) is 5.91 Å². The molecular formula is C24H30BrFN2O3. The van der Waals surface area contributed by atoms with E-state index < -0.39 is 17.8 Å². The minimum absolute atomic E-state index is 0.0228. The molecule has 0 heterocycles. The Kier molecular flexibility index (Phi) is 9.04. The summed E-state index contributed by atoms with van der Waals surface area (Å²) in [7, 11) is 0. The van der Waals surface area contributed by atoms with Crippen molar-refractivity contribution < 1.29 is 18.7 Å². The maximum absolute atomic E-state index is 14.2. The van der Waals surface area contributed by atoms with E-state index in [1.54, 1.807) is 25.1 Å². The number of carbonyl (C=O) groups is 2. The third-order valence-electron chi connectivity index (χ3n) is 5.24. The standard InChI is InChI=1S/C24H30BrFN2O3/c1-6-17(4)27-24(30)18(5)28(13-19-9-7-8-10-21(19)26)22(29)14-31-20-11-15(2)23(25)16(3)12-20/h7-12,17-18H,6,13-14H2,1-5H3,(H,27,30)/t17-,18+/m1/s1. The lowest BCUT2D eigenvalue weighted by Crippen LogP contribution is -2.50. The first-order chi connectivity index (χ1) is 14.6. The van der Waals surface area contributed by atoms with Gasteiger partial charge in [-0.2, -0.15) is 0 Å². The van der Waals surface area contributed by atoms with Crippen molar-refractivity contribution in [2.24, 2.45) is 0 Å². The molecule has 31 heavy (non-hydrogen) atoms. The normalized spacial score (nSPS) is 12.7. The van der Waals surface area contributed by atoms with Gasteiger partial charge >= 0.3 is 0 Å². The van der Waals surface area contributed by atoms with Crippen molar-refractivity contribution in [1.82, 2.24) is 10.2 Å². The molecule has 1 N–H and O–H groups in total. The Morgan fingerprint density at radius 1 is 1.16 bits per heavy atom. The van der Waals surface area contributed by atoms with Crippen molar-refractivity contribution >= 4 is 27.7 Å². The lowest BCUT2D eigenvalue weighted by Gasteiger charge is -2.29. The summed E-state index contributed by atoms with van der Waals surface area (Å²) in [5.74, 6) is -0.535. The Labute approximate surface area is 192 Å². The summed E-state index contributed by atoms with van der Waals surface area (Å²) in [6.45, 7) is 9.11. The zero-order chi connectivity index (χ0) is 23.1. The van der Waals surface area contributed by atoms with Crippen LogP contribution in [0.15, 0.2) is 40.9 Å². The molecule has 168 valence electrons. The van der Waals surface area contributed by atoms with E-state index in [1.165, 1.54) is 11.0 Å². The van der Waals surface area contributed by atoms with Gasteiger partial charge in [-0.05, 0) is 63.4 Å². The van der Waals surface area contributed by atoms with Crippen LogP contribution in [0.25, 0.3) is 0 Å². The van der Waals surface area contributed by atoms with Crippen molar-refractivity contribution in [2.75, 3.05) is 6.61 Å². The average Bonchev–Trinajstić information content (AvgIpc) is 2.74. The number of benzene rings is 2. The summed E-state index contributed by atoms with van der Waals surface area (Å²) in [6.07, 6.45) is 0.769. The molecule has 2 aromatic rings. The fourth-order valence-corrected chi connectivity index (χ4v) is 3.30. The summed E-state index contributed by atoms with van der Waals surface area (Å²) in [5, 5.41) is 2.89. The Bertz CT molecular complexity index is 912. The molecule has 0 saturated carbocycles. The first-order valence-electron chi connectivity index (χ1n) is 10.4. The first-order valence-corrected chi connectivity index (χ1v) is 11.2. The van der Waals surface area contributed by atoms with E-state index in [9.17, 15) is 14.0 Å². The van der Waals surface area contributed by atoms with E-state index in [-0.39, 0.29) is 25.1 Å². The van der Waals surface area contributed by atoms with E-state index in [2.05, 4.69) is 21.2 Å². The van der Waals surface area contributed by atoms with Crippen LogP contribution in [0.1, 0.15) is 43.9 Å². The molecule has 7 heteroatoms. The lowest BCUT2D eigenvalue weighted by atomic mass is 10.1. The number of halogens is 2. The van der Waals surface area contributed by atoms with Gasteiger partial charge in [0.25, 0.3) is 5.91 Å². The monoisotopic (exact) mass is 492 g/mol. The van der Waals surface area contributed by atoms with E-state index >= 15 is 0 Å². The summed E-state index contributed by atoms with van der Waals surface area (Å²) in [5.41, 5.74) is 2.33. The largest absolute Gasteiger partial charge is 0.484 e. The third kappa shape index (κ3) is 6.79. The number of ether oxygens (including phenoxy) is 1. The molecule has 0 radical (unpaired) electrons. The SMILES string of the molecule is CC[C@@H](C)NC(=O)[C@H](C)N(Cc1ccccc1F)C(=O)COc1cc(C)c(Br)c(C)c1. The molecule has 2 rings (SSSR count). The lowest BCUT2D eigenvalue weighted by molar-refractivity contribution is -0.142. The zero-order valence-corrected chi connectivity index (χ0v) is 20.3. The van der Waals surface area contributed by atoms with Gasteiger partial charge in [0.05, 0.1) is 0 Å². The quantitative estimate of drug-likeness (QED) is 0.540. The maximum atomic E-state index is 14.2. The maximum Gasteiger partial charge on any atom is 0.261 e. The highest BCUT2D eigenvalue weighted by Crippen LogP contribution is 2.26. The Hall–Kier alpha value is -2.41. The van der Waals surface area contributed by atoms with E-state index in [4.69, 9.17) is 4.74 Å². The second-order valence-corrected chi connectivity index (χ2v) is 8.56. The number of nitrogens with zero attached hydrogens (tertiary/aromatic N) is 1. The van der Waals surface area contributed by atoms with Gasteiger partial charge in [-0.1, -0.05) is 41.1 Å². The summed E-state index contributed by atoms with van der Waals surface area (Å²) >= 11 is 3.51. The molecule has 2 amide bonds. The molecule has 2 aromatic carbocycles. The number of nitrogens with one attached hydrogen (secondary N) is 1. The molecule has 5 nitrogen and oxygen atoms in total. The molecule has 0 unspecified atom stereocenters. The fourth-order valence-electron chi connectivity index (χ4n) is 3.08. The van der Waals surface area contributed by atoms with E-state index in [1.807, 2.05) is 39.8 Å². The van der Waals surface area contributed by atoms with Crippen LogP contribution in [0, 0.1) is 19.7 Å². The van der Waals surface area contributed by atoms with Crippen molar-refractivity contribution in [2.45, 2.75) is 59.7 Å². The highest BCUT2D eigenvalue weighted by atomic mass is 79.9. The highest BCUT2D eigenvalue weighted by molar-refractivity contribution is 9.10. The predicted molar refractivity (Wildman–Crippen MR) is 123 cm³/mol. The molecule has 0 spiro atoms. The first kappa shape index (κ1) is 24.9. The van der Waals surface area contributed by atoms with Gasteiger partial charge in [-0.25, -0.2) is 4.39 Å². The zero-order valence-electron chi connectivity index (χ0n) is 18.7. The van der Waals surface area contributed by atoms with Gasteiger partial charge in [-0.3, -0.25) is 9.59 Å². The second kappa shape index (κ2) is 11.3. The van der Waals surface area contributed by atoms with Crippen molar-refractivity contribution in [1.29, 1.82) is 0 Å². The number of hydrogen-bond acceptors (Lipinski definition) is 3. The number of hydrogen-bond donors (Lipinski definition) is 1.